The summed E-state index contributed by atoms with van der Waals surface area (Å²) >= 11 is 11.8. The van der Waals surface area contributed by atoms with Crippen molar-refractivity contribution in [1.82, 2.24) is 0 Å². The van der Waals surface area contributed by atoms with E-state index in [9.17, 15) is 14.7 Å². The van der Waals surface area contributed by atoms with Crippen molar-refractivity contribution in [2.75, 3.05) is 18.5 Å². The van der Waals surface area contributed by atoms with Crippen molar-refractivity contribution in [2.45, 2.75) is 12.8 Å². The maximum Gasteiger partial charge on any atom is 0.339 e. The van der Waals surface area contributed by atoms with Crippen LogP contribution in [-0.4, -0.2) is 30.2 Å². The Hall–Kier alpha value is -1.30. The second kappa shape index (κ2) is 6.43. The highest BCUT2D eigenvalue weighted by Crippen LogP contribution is 2.32. The lowest BCUT2D eigenvalue weighted by molar-refractivity contribution is -0.122. The van der Waals surface area contributed by atoms with Gasteiger partial charge in [0.2, 0.25) is 5.91 Å². The van der Waals surface area contributed by atoms with Crippen LogP contribution in [0.15, 0.2) is 12.1 Å². The number of amides is 1. The second-order valence-corrected chi connectivity index (χ2v) is 5.27. The number of aromatic carboxylic acids is 1. The molecule has 1 fully saturated rings. The summed E-state index contributed by atoms with van der Waals surface area (Å²) in [6, 6.07) is 2.84. The molecule has 0 saturated carbocycles. The normalized spacial score (nSPS) is 15.9. The first kappa shape index (κ1) is 15.1. The average molecular weight is 318 g/mol. The van der Waals surface area contributed by atoms with Crippen molar-refractivity contribution in [1.29, 1.82) is 0 Å². The standard InChI is InChI=1S/C13H13Cl2NO4/c14-8-1-2-9(15)11(10(8)13(18)19)16-12(17)7-3-5-20-6-4-7/h1-2,7H,3-6H2,(H,16,17)(H,18,19). The molecule has 2 N–H and O–H groups in total. The average Bonchev–Trinajstić information content (AvgIpc) is 2.43. The summed E-state index contributed by atoms with van der Waals surface area (Å²) in [6.45, 7) is 1.04. The topological polar surface area (TPSA) is 75.6 Å². The third-order valence-electron chi connectivity index (χ3n) is 3.16. The van der Waals surface area contributed by atoms with Gasteiger partial charge in [-0.15, -0.1) is 0 Å². The summed E-state index contributed by atoms with van der Waals surface area (Å²) in [5.41, 5.74) is -0.150. The first-order chi connectivity index (χ1) is 9.50. The molecule has 0 spiro atoms. The van der Waals surface area contributed by atoms with Crippen molar-refractivity contribution in [3.05, 3.63) is 27.7 Å². The van der Waals surface area contributed by atoms with Gasteiger partial charge in [-0.2, -0.15) is 0 Å². The Morgan fingerprint density at radius 1 is 1.20 bits per heavy atom. The van der Waals surface area contributed by atoms with E-state index in [-0.39, 0.29) is 33.1 Å². The van der Waals surface area contributed by atoms with Crippen molar-refractivity contribution in [3.8, 4) is 0 Å². The van der Waals surface area contributed by atoms with E-state index in [0.29, 0.717) is 26.1 Å². The summed E-state index contributed by atoms with van der Waals surface area (Å²) in [6.07, 6.45) is 1.21. The molecule has 0 radical (unpaired) electrons. The van der Waals surface area contributed by atoms with Crippen LogP contribution in [0.3, 0.4) is 0 Å². The molecule has 1 aliphatic heterocycles. The SMILES string of the molecule is O=C(O)c1c(Cl)ccc(Cl)c1NC(=O)C1CCOCC1. The van der Waals surface area contributed by atoms with Crippen molar-refractivity contribution >= 4 is 40.8 Å². The van der Waals surface area contributed by atoms with E-state index in [0.717, 1.165) is 0 Å². The first-order valence-electron chi connectivity index (χ1n) is 6.10. The zero-order valence-corrected chi connectivity index (χ0v) is 12.0. The fourth-order valence-corrected chi connectivity index (χ4v) is 2.51. The van der Waals surface area contributed by atoms with Crippen LogP contribution in [-0.2, 0) is 9.53 Å². The summed E-state index contributed by atoms with van der Waals surface area (Å²) in [4.78, 5) is 23.4. The van der Waals surface area contributed by atoms with Crippen LogP contribution < -0.4 is 5.32 Å². The lowest BCUT2D eigenvalue weighted by Crippen LogP contribution is -2.29. The number of carbonyl (C=O) groups excluding carboxylic acids is 1. The predicted molar refractivity (Wildman–Crippen MR) is 75.6 cm³/mol. The van der Waals surface area contributed by atoms with E-state index in [4.69, 9.17) is 27.9 Å². The van der Waals surface area contributed by atoms with Gasteiger partial charge in [0.1, 0.15) is 5.56 Å². The van der Waals surface area contributed by atoms with Gasteiger partial charge in [0.15, 0.2) is 0 Å². The molecule has 7 heteroatoms. The molecule has 108 valence electrons. The predicted octanol–water partition coefficient (Wildman–Crippen LogP) is 3.06. The van der Waals surface area contributed by atoms with Crippen LogP contribution in [0.2, 0.25) is 10.0 Å². The number of anilines is 1. The van der Waals surface area contributed by atoms with Gasteiger partial charge in [0.25, 0.3) is 0 Å². The second-order valence-electron chi connectivity index (χ2n) is 4.46. The lowest BCUT2D eigenvalue weighted by Gasteiger charge is -2.22. The van der Waals surface area contributed by atoms with Crippen molar-refractivity contribution < 1.29 is 19.4 Å². The van der Waals surface area contributed by atoms with E-state index < -0.39 is 5.97 Å². The van der Waals surface area contributed by atoms with Gasteiger partial charge in [-0.05, 0) is 25.0 Å². The highest BCUT2D eigenvalue weighted by molar-refractivity contribution is 6.38. The molecule has 1 aromatic rings. The third-order valence-corrected chi connectivity index (χ3v) is 3.79. The molecule has 1 aliphatic rings. The molecule has 5 nitrogen and oxygen atoms in total. The molecule has 0 aromatic heterocycles. The summed E-state index contributed by atoms with van der Waals surface area (Å²) in [5, 5.41) is 11.9. The van der Waals surface area contributed by atoms with Crippen LogP contribution in [0.4, 0.5) is 5.69 Å². The lowest BCUT2D eigenvalue weighted by atomic mass is 9.99. The van der Waals surface area contributed by atoms with Gasteiger partial charge in [-0.1, -0.05) is 23.2 Å². The van der Waals surface area contributed by atoms with E-state index in [1.54, 1.807) is 0 Å². The summed E-state index contributed by atoms with van der Waals surface area (Å²) < 4.78 is 5.18. The number of carboxylic acid groups (broad SMARTS) is 1. The first-order valence-corrected chi connectivity index (χ1v) is 6.86. The minimum Gasteiger partial charge on any atom is -0.478 e. The number of hydrogen-bond acceptors (Lipinski definition) is 3. The molecule has 20 heavy (non-hydrogen) atoms. The highest BCUT2D eigenvalue weighted by atomic mass is 35.5. The molecule has 1 heterocycles. The van der Waals surface area contributed by atoms with E-state index in [2.05, 4.69) is 5.32 Å². The number of carbonyl (C=O) groups is 2. The van der Waals surface area contributed by atoms with Gasteiger partial charge in [0.05, 0.1) is 15.7 Å². The Bertz CT molecular complexity index is 541. The number of halogens is 2. The zero-order chi connectivity index (χ0) is 14.7. The number of benzene rings is 1. The Kier molecular flexibility index (Phi) is 4.86. The minimum atomic E-state index is -1.24. The Balaban J connectivity index is 2.26. The Labute approximate surface area is 125 Å². The van der Waals surface area contributed by atoms with E-state index >= 15 is 0 Å². The van der Waals surface area contributed by atoms with Crippen molar-refractivity contribution in [3.63, 3.8) is 0 Å². The van der Waals surface area contributed by atoms with Gasteiger partial charge in [0, 0.05) is 19.1 Å². The van der Waals surface area contributed by atoms with Gasteiger partial charge in [-0.25, -0.2) is 4.79 Å². The van der Waals surface area contributed by atoms with Crippen LogP contribution in [0.1, 0.15) is 23.2 Å². The van der Waals surface area contributed by atoms with Crippen LogP contribution in [0.5, 0.6) is 0 Å². The number of carboxylic acids is 1. The zero-order valence-electron chi connectivity index (χ0n) is 10.5. The van der Waals surface area contributed by atoms with E-state index in [1.165, 1.54) is 12.1 Å². The Morgan fingerprint density at radius 2 is 1.80 bits per heavy atom. The highest BCUT2D eigenvalue weighted by Gasteiger charge is 2.25. The fraction of sp³-hybridized carbons (Fsp3) is 0.385. The molecule has 0 unspecified atom stereocenters. The molecular weight excluding hydrogens is 305 g/mol. The molecular formula is C13H13Cl2NO4. The molecule has 0 bridgehead atoms. The molecule has 0 atom stereocenters. The molecule has 2 rings (SSSR count). The smallest absolute Gasteiger partial charge is 0.339 e. The number of nitrogens with one attached hydrogen (secondary N) is 1. The Morgan fingerprint density at radius 3 is 2.40 bits per heavy atom. The largest absolute Gasteiger partial charge is 0.478 e. The van der Waals surface area contributed by atoms with Crippen molar-refractivity contribution in [2.24, 2.45) is 5.92 Å². The monoisotopic (exact) mass is 317 g/mol. The van der Waals surface area contributed by atoms with E-state index in [1.807, 2.05) is 0 Å². The van der Waals surface area contributed by atoms with Gasteiger partial charge >= 0.3 is 5.97 Å². The minimum absolute atomic E-state index is 0.0316. The molecule has 1 saturated heterocycles. The number of rotatable bonds is 3. The maximum atomic E-state index is 12.1. The third kappa shape index (κ3) is 3.23. The summed E-state index contributed by atoms with van der Waals surface area (Å²) in [7, 11) is 0. The molecule has 0 aliphatic carbocycles. The van der Waals surface area contributed by atoms with Crippen LogP contribution in [0, 0.1) is 5.92 Å². The number of ether oxygens (including phenoxy) is 1. The molecule has 1 amide bonds. The quantitative estimate of drug-likeness (QED) is 0.898. The van der Waals surface area contributed by atoms with Crippen LogP contribution >= 0.6 is 23.2 Å². The number of hydrogen-bond donors (Lipinski definition) is 2. The van der Waals surface area contributed by atoms with Gasteiger partial charge < -0.3 is 15.2 Å². The summed E-state index contributed by atoms with van der Waals surface area (Å²) in [5.74, 6) is -1.71. The van der Waals surface area contributed by atoms with Crippen LogP contribution in [0.25, 0.3) is 0 Å². The fourth-order valence-electron chi connectivity index (χ4n) is 2.07. The van der Waals surface area contributed by atoms with Gasteiger partial charge in [-0.3, -0.25) is 4.79 Å². The maximum absolute atomic E-state index is 12.1. The molecule has 1 aromatic carbocycles.